The number of hydroxylamine groups is 1. The van der Waals surface area contributed by atoms with E-state index in [0.717, 1.165) is 4.90 Å². The lowest BCUT2D eigenvalue weighted by atomic mass is 10.2. The molecule has 1 unspecified atom stereocenters. The van der Waals surface area contributed by atoms with Crippen LogP contribution in [0.3, 0.4) is 0 Å². The van der Waals surface area contributed by atoms with Gasteiger partial charge in [-0.2, -0.15) is 13.2 Å². The Hall–Kier alpha value is -4.22. The normalized spacial score (nSPS) is 11.7. The van der Waals surface area contributed by atoms with Crippen LogP contribution in [0.2, 0.25) is 0 Å². The number of carbonyl (C=O) groups is 4. The Kier molecular flexibility index (Phi) is 12.3. The van der Waals surface area contributed by atoms with Crippen LogP contribution in [0, 0.1) is 0 Å². The first-order valence-corrected chi connectivity index (χ1v) is 12.3. The van der Waals surface area contributed by atoms with Gasteiger partial charge in [0.1, 0.15) is 18.3 Å². The number of carboxylic acids is 1. The number of anilines is 1. The summed E-state index contributed by atoms with van der Waals surface area (Å²) in [5.41, 5.74) is 7.16. The van der Waals surface area contributed by atoms with Crippen LogP contribution in [-0.4, -0.2) is 80.6 Å². The minimum Gasteiger partial charge on any atom is -0.497 e. The molecule has 6 N–H and O–H groups in total. The van der Waals surface area contributed by atoms with Crippen LogP contribution in [-0.2, 0) is 29.0 Å². The Labute approximate surface area is 220 Å². The summed E-state index contributed by atoms with van der Waals surface area (Å²) in [4.78, 5) is 46.7. The number of hydrogen-bond acceptors (Lipinski definition) is 9. The summed E-state index contributed by atoms with van der Waals surface area (Å²) in [6.07, 6.45) is -5.08. The molecule has 214 valence electrons. The molecule has 0 saturated heterocycles. The number of methoxy groups -OCH3 is 1. The van der Waals surface area contributed by atoms with E-state index in [-0.39, 0.29) is 11.4 Å². The van der Waals surface area contributed by atoms with Gasteiger partial charge in [0, 0.05) is 5.69 Å². The number of nitrogens with two attached hydrogens (primary N) is 1. The Morgan fingerprint density at radius 1 is 1.05 bits per heavy atom. The maximum absolute atomic E-state index is 12.7. The van der Waals surface area contributed by atoms with Crippen LogP contribution in [0.5, 0.6) is 5.75 Å². The molecule has 0 aliphatic rings. The topological polar surface area (TPSA) is 205 Å². The van der Waals surface area contributed by atoms with E-state index < -0.39 is 58.0 Å². The predicted octanol–water partition coefficient (Wildman–Crippen LogP) is 0.0843. The first kappa shape index (κ1) is 32.8. The van der Waals surface area contributed by atoms with E-state index in [2.05, 4.69) is 5.32 Å². The minimum atomic E-state index is -5.08. The molecule has 2 rings (SSSR count). The van der Waals surface area contributed by atoms with Crippen molar-refractivity contribution in [2.24, 2.45) is 5.73 Å². The molecular weight excluding hydrogens is 553 g/mol. The molecule has 2 aromatic rings. The van der Waals surface area contributed by atoms with Gasteiger partial charge >= 0.3 is 12.1 Å². The van der Waals surface area contributed by atoms with Gasteiger partial charge in [-0.3, -0.25) is 19.6 Å². The zero-order chi connectivity index (χ0) is 29.8. The summed E-state index contributed by atoms with van der Waals surface area (Å²) >= 11 is 0. The summed E-state index contributed by atoms with van der Waals surface area (Å²) in [6.45, 7) is -0.883. The fraction of sp³-hybridized carbons (Fsp3) is 0.273. The van der Waals surface area contributed by atoms with Gasteiger partial charge in [-0.05, 0) is 36.4 Å². The number of nitrogens with one attached hydrogen (secondary N) is 2. The number of aliphatic carboxylic acids is 1. The number of carboxylic acid groups (broad SMARTS) is 1. The number of carbonyl (C=O) groups excluding carboxylic acids is 3. The fourth-order valence-electron chi connectivity index (χ4n) is 2.78. The molecule has 0 aliphatic heterocycles. The molecule has 0 heterocycles. The molecule has 17 heteroatoms. The van der Waals surface area contributed by atoms with Gasteiger partial charge in [-0.25, -0.2) is 18.7 Å². The number of benzene rings is 2. The SMILES string of the molecule is COc1ccc(S(=O)(=O)CC(NC(=O)CN(C(=O)CN)c2ccccc2)C(=O)NO)cc1.O=C(O)C(F)(F)F. The standard InChI is InChI=1S/C20H24N4O7S.C2HF3O2/c1-31-15-7-9-16(10-8-15)32(29,30)13-17(20(27)23-28)22-18(25)12-24(19(26)11-21)14-5-3-2-4-6-14;3-2(4,5)1(6)7/h2-10,17,28H,11-13,21H2,1H3,(H,22,25)(H,23,27);(H,6,7). The second kappa shape index (κ2) is 14.6. The third-order valence-electron chi connectivity index (χ3n) is 4.65. The lowest BCUT2D eigenvalue weighted by molar-refractivity contribution is -0.192. The summed E-state index contributed by atoms with van der Waals surface area (Å²) < 4.78 is 62.1. The van der Waals surface area contributed by atoms with E-state index in [1.807, 2.05) is 0 Å². The monoisotopic (exact) mass is 578 g/mol. The van der Waals surface area contributed by atoms with E-state index in [9.17, 15) is 36.0 Å². The van der Waals surface area contributed by atoms with Gasteiger partial charge in [0.25, 0.3) is 5.91 Å². The summed E-state index contributed by atoms with van der Waals surface area (Å²) in [5, 5.41) is 18.4. The third-order valence-corrected chi connectivity index (χ3v) is 6.42. The Morgan fingerprint density at radius 3 is 2.03 bits per heavy atom. The number of nitrogens with zero attached hydrogens (tertiary/aromatic N) is 1. The quantitative estimate of drug-likeness (QED) is 0.190. The van der Waals surface area contributed by atoms with E-state index in [4.69, 9.17) is 25.6 Å². The van der Waals surface area contributed by atoms with E-state index >= 15 is 0 Å². The maximum Gasteiger partial charge on any atom is 0.490 e. The number of hydrogen-bond donors (Lipinski definition) is 5. The van der Waals surface area contributed by atoms with Crippen LogP contribution >= 0.6 is 0 Å². The largest absolute Gasteiger partial charge is 0.497 e. The van der Waals surface area contributed by atoms with Crippen molar-refractivity contribution in [1.82, 2.24) is 10.8 Å². The smallest absolute Gasteiger partial charge is 0.490 e. The first-order chi connectivity index (χ1) is 18.2. The predicted molar refractivity (Wildman–Crippen MR) is 128 cm³/mol. The molecule has 13 nitrogen and oxygen atoms in total. The van der Waals surface area contributed by atoms with Gasteiger partial charge in [0.2, 0.25) is 11.8 Å². The molecule has 3 amide bonds. The number of ether oxygens (including phenoxy) is 1. The zero-order valence-corrected chi connectivity index (χ0v) is 21.0. The van der Waals surface area contributed by atoms with Crippen LogP contribution in [0.25, 0.3) is 0 Å². The highest BCUT2D eigenvalue weighted by Gasteiger charge is 2.38. The number of sulfone groups is 1. The van der Waals surface area contributed by atoms with Crippen molar-refractivity contribution >= 4 is 39.2 Å². The third kappa shape index (κ3) is 10.6. The number of para-hydroxylation sites is 1. The van der Waals surface area contributed by atoms with Crippen molar-refractivity contribution in [2.45, 2.75) is 17.1 Å². The van der Waals surface area contributed by atoms with Gasteiger partial charge in [0.05, 0.1) is 24.3 Å². The molecule has 39 heavy (non-hydrogen) atoms. The second-order valence-electron chi connectivity index (χ2n) is 7.38. The van der Waals surface area contributed by atoms with Crippen molar-refractivity contribution in [3.8, 4) is 5.75 Å². The number of amides is 3. The Balaban J connectivity index is 0.000000956. The van der Waals surface area contributed by atoms with Crippen LogP contribution in [0.4, 0.5) is 18.9 Å². The molecule has 0 aromatic heterocycles. The molecule has 0 radical (unpaired) electrons. The molecule has 1 atom stereocenters. The van der Waals surface area contributed by atoms with Crippen LogP contribution in [0.1, 0.15) is 0 Å². The first-order valence-electron chi connectivity index (χ1n) is 10.6. The van der Waals surface area contributed by atoms with E-state index in [0.29, 0.717) is 11.4 Å². The molecular formula is C22H25F3N4O9S. The van der Waals surface area contributed by atoms with Gasteiger partial charge in [-0.1, -0.05) is 18.2 Å². The second-order valence-corrected chi connectivity index (χ2v) is 9.41. The highest BCUT2D eigenvalue weighted by Crippen LogP contribution is 2.18. The molecule has 0 aliphatic carbocycles. The highest BCUT2D eigenvalue weighted by atomic mass is 32.2. The molecule has 2 aromatic carbocycles. The Morgan fingerprint density at radius 2 is 1.59 bits per heavy atom. The lowest BCUT2D eigenvalue weighted by Crippen LogP contribution is -2.53. The molecule has 0 spiro atoms. The fourth-order valence-corrected chi connectivity index (χ4v) is 4.20. The maximum atomic E-state index is 12.7. The summed E-state index contributed by atoms with van der Waals surface area (Å²) in [6, 6.07) is 12.1. The minimum absolute atomic E-state index is 0.104. The molecule has 0 fully saturated rings. The van der Waals surface area contributed by atoms with Crippen molar-refractivity contribution in [3.05, 3.63) is 54.6 Å². The van der Waals surface area contributed by atoms with Crippen molar-refractivity contribution in [1.29, 1.82) is 0 Å². The van der Waals surface area contributed by atoms with E-state index in [1.165, 1.54) is 36.9 Å². The number of rotatable bonds is 10. The van der Waals surface area contributed by atoms with E-state index in [1.54, 1.807) is 30.3 Å². The van der Waals surface area contributed by atoms with Crippen LogP contribution in [0.15, 0.2) is 59.5 Å². The average Bonchev–Trinajstić information content (AvgIpc) is 2.90. The summed E-state index contributed by atoms with van der Waals surface area (Å²) in [5.74, 6) is -5.66. The highest BCUT2D eigenvalue weighted by molar-refractivity contribution is 7.91. The molecule has 0 saturated carbocycles. The van der Waals surface area contributed by atoms with Gasteiger partial charge in [0.15, 0.2) is 9.84 Å². The van der Waals surface area contributed by atoms with Gasteiger partial charge in [-0.15, -0.1) is 0 Å². The zero-order valence-electron chi connectivity index (χ0n) is 20.2. The van der Waals surface area contributed by atoms with Crippen molar-refractivity contribution in [2.75, 3.05) is 30.9 Å². The van der Waals surface area contributed by atoms with Gasteiger partial charge < -0.3 is 25.8 Å². The van der Waals surface area contributed by atoms with Crippen molar-refractivity contribution in [3.63, 3.8) is 0 Å². The van der Waals surface area contributed by atoms with Crippen LogP contribution < -0.4 is 26.2 Å². The summed E-state index contributed by atoms with van der Waals surface area (Å²) in [7, 11) is -2.60. The Bertz CT molecular complexity index is 1240. The number of halogens is 3. The average molecular weight is 579 g/mol. The molecule has 0 bridgehead atoms. The number of alkyl halides is 3. The van der Waals surface area contributed by atoms with Crippen molar-refractivity contribution < 1.29 is 55.8 Å². The lowest BCUT2D eigenvalue weighted by Gasteiger charge is -2.23.